The first kappa shape index (κ1) is 26.5. The Hall–Kier alpha value is -2.58. The summed E-state index contributed by atoms with van der Waals surface area (Å²) >= 11 is 6.09. The lowest BCUT2D eigenvalue weighted by Gasteiger charge is -2.43. The summed E-state index contributed by atoms with van der Waals surface area (Å²) in [5, 5.41) is 3.57. The number of amides is 3. The van der Waals surface area contributed by atoms with Crippen LogP contribution >= 0.6 is 11.6 Å². The van der Waals surface area contributed by atoms with Crippen molar-refractivity contribution in [3.8, 4) is 0 Å². The molecule has 0 unspecified atom stereocenters. The van der Waals surface area contributed by atoms with E-state index in [-0.39, 0.29) is 30.5 Å². The van der Waals surface area contributed by atoms with Gasteiger partial charge in [-0.05, 0) is 51.3 Å². The second-order valence-corrected chi connectivity index (χ2v) is 10.3. The summed E-state index contributed by atoms with van der Waals surface area (Å²) in [5.74, 6) is 0.00462. The summed E-state index contributed by atoms with van der Waals surface area (Å²) in [6.45, 7) is 8.86. The highest BCUT2D eigenvalue weighted by molar-refractivity contribution is 6.30. The van der Waals surface area contributed by atoms with Gasteiger partial charge in [-0.15, -0.1) is 0 Å². The SMILES string of the molecule is CCOC(=O)C1=C(CN2CCN(C(=O)C3CCCC3)[C@@H](C)C2)N(CC)C(=O)N[C@H]1c1ccc(Cl)cc1. The summed E-state index contributed by atoms with van der Waals surface area (Å²) in [6.07, 6.45) is 4.26. The van der Waals surface area contributed by atoms with Gasteiger partial charge in [-0.2, -0.15) is 0 Å². The highest BCUT2D eigenvalue weighted by atomic mass is 35.5. The van der Waals surface area contributed by atoms with Crippen LogP contribution in [0.2, 0.25) is 5.02 Å². The Bertz CT molecular complexity index is 1010. The molecule has 1 aromatic carbocycles. The van der Waals surface area contributed by atoms with Crippen LogP contribution in [0, 0.1) is 5.92 Å². The maximum absolute atomic E-state index is 13.3. The second-order valence-electron chi connectivity index (χ2n) is 9.86. The third-order valence-corrected chi connectivity index (χ3v) is 7.78. The molecule has 0 radical (unpaired) electrons. The van der Waals surface area contributed by atoms with Gasteiger partial charge in [-0.25, -0.2) is 9.59 Å². The van der Waals surface area contributed by atoms with Crippen molar-refractivity contribution in [3.05, 3.63) is 46.1 Å². The van der Waals surface area contributed by atoms with Gasteiger partial charge in [0.2, 0.25) is 5.91 Å². The van der Waals surface area contributed by atoms with Gasteiger partial charge in [-0.1, -0.05) is 36.6 Å². The molecule has 3 aliphatic rings. The first-order valence-electron chi connectivity index (χ1n) is 13.1. The van der Waals surface area contributed by atoms with Crippen molar-refractivity contribution in [1.29, 1.82) is 0 Å². The van der Waals surface area contributed by atoms with Crippen molar-refractivity contribution >= 4 is 29.5 Å². The number of rotatable bonds is 7. The highest BCUT2D eigenvalue weighted by Gasteiger charge is 2.39. The molecule has 0 aromatic heterocycles. The molecule has 0 spiro atoms. The van der Waals surface area contributed by atoms with E-state index in [9.17, 15) is 14.4 Å². The molecular weight excluding hydrogens is 480 g/mol. The van der Waals surface area contributed by atoms with E-state index in [0.29, 0.717) is 49.0 Å². The lowest BCUT2D eigenvalue weighted by molar-refractivity contribution is -0.140. The fraction of sp³-hybridized carbons (Fsp3) is 0.593. The molecule has 2 aliphatic heterocycles. The van der Waals surface area contributed by atoms with Crippen molar-refractivity contribution in [3.63, 3.8) is 0 Å². The number of carbonyl (C=O) groups excluding carboxylic acids is 3. The van der Waals surface area contributed by atoms with E-state index in [0.717, 1.165) is 31.2 Å². The third kappa shape index (κ3) is 5.54. The van der Waals surface area contributed by atoms with Crippen molar-refractivity contribution in [2.24, 2.45) is 5.92 Å². The maximum Gasteiger partial charge on any atom is 0.338 e. The van der Waals surface area contributed by atoms with Gasteiger partial charge in [0.1, 0.15) is 0 Å². The smallest absolute Gasteiger partial charge is 0.338 e. The molecule has 0 bridgehead atoms. The minimum absolute atomic E-state index is 0.0676. The molecule has 1 aromatic rings. The van der Waals surface area contributed by atoms with Gasteiger partial charge in [0, 0.05) is 55.4 Å². The van der Waals surface area contributed by atoms with Crippen LogP contribution in [0.25, 0.3) is 0 Å². The number of hydrogen-bond acceptors (Lipinski definition) is 5. The number of likely N-dealkylation sites (N-methyl/N-ethyl adjacent to an activating group) is 1. The van der Waals surface area contributed by atoms with Crippen LogP contribution < -0.4 is 5.32 Å². The zero-order chi connectivity index (χ0) is 25.8. The second kappa shape index (κ2) is 11.6. The molecule has 3 amide bonds. The summed E-state index contributed by atoms with van der Waals surface area (Å²) in [6, 6.07) is 6.33. The predicted octanol–water partition coefficient (Wildman–Crippen LogP) is 3.97. The average Bonchev–Trinajstić information content (AvgIpc) is 3.39. The molecule has 9 heteroatoms. The number of ether oxygens (including phenoxy) is 1. The molecule has 2 fully saturated rings. The number of halogens is 1. The van der Waals surface area contributed by atoms with Crippen LogP contribution in [0.5, 0.6) is 0 Å². The predicted molar refractivity (Wildman–Crippen MR) is 138 cm³/mol. The minimum Gasteiger partial charge on any atom is -0.463 e. The Morgan fingerprint density at radius 2 is 1.81 bits per heavy atom. The van der Waals surface area contributed by atoms with E-state index in [2.05, 4.69) is 17.1 Å². The van der Waals surface area contributed by atoms with E-state index in [1.165, 1.54) is 0 Å². The number of hydrogen-bond donors (Lipinski definition) is 1. The molecule has 36 heavy (non-hydrogen) atoms. The van der Waals surface area contributed by atoms with Crippen LogP contribution in [0.4, 0.5) is 4.79 Å². The van der Waals surface area contributed by atoms with E-state index in [1.807, 2.05) is 24.0 Å². The molecule has 196 valence electrons. The number of nitrogens with zero attached hydrogens (tertiary/aromatic N) is 3. The molecular formula is C27H37ClN4O4. The quantitative estimate of drug-likeness (QED) is 0.555. The molecule has 1 saturated heterocycles. The number of benzene rings is 1. The van der Waals surface area contributed by atoms with Crippen molar-refractivity contribution in [2.75, 3.05) is 39.3 Å². The summed E-state index contributed by atoms with van der Waals surface area (Å²) in [5.41, 5.74) is 1.87. The lowest BCUT2D eigenvalue weighted by Crippen LogP contribution is -2.57. The van der Waals surface area contributed by atoms with Crippen molar-refractivity contribution < 1.29 is 19.1 Å². The highest BCUT2D eigenvalue weighted by Crippen LogP contribution is 2.33. The number of carbonyl (C=O) groups is 3. The molecule has 2 atom stereocenters. The number of nitrogens with one attached hydrogen (secondary N) is 1. The first-order chi connectivity index (χ1) is 17.3. The maximum atomic E-state index is 13.3. The van der Waals surface area contributed by atoms with Crippen molar-refractivity contribution in [2.45, 2.75) is 58.5 Å². The van der Waals surface area contributed by atoms with Gasteiger partial charge in [0.05, 0.1) is 18.2 Å². The summed E-state index contributed by atoms with van der Waals surface area (Å²) in [4.78, 5) is 45.3. The average molecular weight is 517 g/mol. The Labute approximate surface area is 218 Å². The van der Waals surface area contributed by atoms with Crippen LogP contribution in [0.1, 0.15) is 58.1 Å². The van der Waals surface area contributed by atoms with E-state index in [1.54, 1.807) is 24.0 Å². The number of esters is 1. The molecule has 1 aliphatic carbocycles. The van der Waals surface area contributed by atoms with E-state index < -0.39 is 12.0 Å². The summed E-state index contributed by atoms with van der Waals surface area (Å²) in [7, 11) is 0. The summed E-state index contributed by atoms with van der Waals surface area (Å²) < 4.78 is 5.46. The Kier molecular flexibility index (Phi) is 8.57. The third-order valence-electron chi connectivity index (χ3n) is 7.53. The topological polar surface area (TPSA) is 82.2 Å². The monoisotopic (exact) mass is 516 g/mol. The van der Waals surface area contributed by atoms with E-state index in [4.69, 9.17) is 16.3 Å². The van der Waals surface area contributed by atoms with Gasteiger partial charge in [0.25, 0.3) is 0 Å². The number of piperazine rings is 1. The Morgan fingerprint density at radius 3 is 2.42 bits per heavy atom. The van der Waals surface area contributed by atoms with Crippen LogP contribution in [-0.2, 0) is 14.3 Å². The van der Waals surface area contributed by atoms with Crippen LogP contribution in [-0.4, -0.2) is 78.0 Å². The molecule has 8 nitrogen and oxygen atoms in total. The zero-order valence-electron chi connectivity index (χ0n) is 21.5. The van der Waals surface area contributed by atoms with Crippen LogP contribution in [0.15, 0.2) is 35.5 Å². The first-order valence-corrected chi connectivity index (χ1v) is 13.5. The van der Waals surface area contributed by atoms with Gasteiger partial charge >= 0.3 is 12.0 Å². The Balaban J connectivity index is 1.61. The fourth-order valence-corrected chi connectivity index (χ4v) is 5.81. The normalized spacial score (nSPS) is 23.7. The number of urea groups is 1. The van der Waals surface area contributed by atoms with Crippen molar-refractivity contribution in [1.82, 2.24) is 20.0 Å². The fourth-order valence-electron chi connectivity index (χ4n) is 5.69. The van der Waals surface area contributed by atoms with Gasteiger partial charge in [-0.3, -0.25) is 14.6 Å². The van der Waals surface area contributed by atoms with E-state index >= 15 is 0 Å². The van der Waals surface area contributed by atoms with Crippen LogP contribution in [0.3, 0.4) is 0 Å². The van der Waals surface area contributed by atoms with Gasteiger partial charge < -0.3 is 15.0 Å². The minimum atomic E-state index is -0.630. The zero-order valence-corrected chi connectivity index (χ0v) is 22.2. The molecule has 1 N–H and O–H groups in total. The molecule has 4 rings (SSSR count). The molecule has 2 heterocycles. The Morgan fingerprint density at radius 1 is 1.11 bits per heavy atom. The van der Waals surface area contributed by atoms with Gasteiger partial charge in [0.15, 0.2) is 0 Å². The molecule has 1 saturated carbocycles. The standard InChI is InChI=1S/C27H37ClN4O4/c1-4-31-22(17-30-14-15-32(18(3)16-30)25(33)20-8-6-7-9-20)23(26(34)36-5-2)24(29-27(31)35)19-10-12-21(28)13-11-19/h10-13,18,20,24H,4-9,14-17H2,1-3H3,(H,29,35)/t18-,24-/m0/s1. The largest absolute Gasteiger partial charge is 0.463 e. The lowest BCUT2D eigenvalue weighted by atomic mass is 9.94.